The number of benzene rings is 2. The molecule has 8 heteroatoms. The third-order valence-corrected chi connectivity index (χ3v) is 7.28. The minimum atomic E-state index is -0.375. The van der Waals surface area contributed by atoms with E-state index < -0.39 is 0 Å². The van der Waals surface area contributed by atoms with Crippen LogP contribution in [0.15, 0.2) is 104 Å². The van der Waals surface area contributed by atoms with E-state index in [1.54, 1.807) is 23.3 Å². The summed E-state index contributed by atoms with van der Waals surface area (Å²) < 4.78 is 1.72. The molecule has 0 aliphatic heterocycles. The number of carbonyl (C=O) groups is 1. The molecule has 0 spiro atoms. The number of nitrogens with one attached hydrogen (secondary N) is 2. The third-order valence-electron chi connectivity index (χ3n) is 7.28. The maximum absolute atomic E-state index is 13.6. The number of amides is 2. The molecular formula is C35H33N7O. The number of hydrogen-bond donors (Lipinski definition) is 2. The summed E-state index contributed by atoms with van der Waals surface area (Å²) in [5, 5.41) is 13.0. The molecule has 0 radical (unpaired) electrons. The zero-order chi connectivity index (χ0) is 30.0. The Morgan fingerprint density at radius 3 is 2.40 bits per heavy atom. The van der Waals surface area contributed by atoms with Gasteiger partial charge in [0.1, 0.15) is 5.82 Å². The topological polar surface area (TPSA) is 97.6 Å². The fourth-order valence-electron chi connectivity index (χ4n) is 4.96. The molecule has 214 valence electrons. The highest BCUT2D eigenvalue weighted by atomic mass is 16.2. The van der Waals surface area contributed by atoms with E-state index in [4.69, 9.17) is 10.1 Å². The molecule has 2 N–H and O–H groups in total. The molecule has 0 aliphatic carbocycles. The number of carbonyl (C=O) groups excluding carboxylic acids is 1. The lowest BCUT2D eigenvalue weighted by molar-refractivity contribution is 0.262. The van der Waals surface area contributed by atoms with Gasteiger partial charge in [0.15, 0.2) is 0 Å². The van der Waals surface area contributed by atoms with Crippen molar-refractivity contribution in [3.05, 3.63) is 126 Å². The van der Waals surface area contributed by atoms with Crippen molar-refractivity contribution < 1.29 is 4.79 Å². The van der Waals surface area contributed by atoms with Crippen molar-refractivity contribution >= 4 is 28.3 Å². The zero-order valence-electron chi connectivity index (χ0n) is 24.7. The van der Waals surface area contributed by atoms with Crippen LogP contribution in [0.4, 0.5) is 16.3 Å². The fourth-order valence-corrected chi connectivity index (χ4v) is 4.96. The Hall–Kier alpha value is -5.37. The second-order valence-electron chi connectivity index (χ2n) is 11.6. The first-order valence-electron chi connectivity index (χ1n) is 14.2. The lowest BCUT2D eigenvalue weighted by Gasteiger charge is -2.16. The minimum absolute atomic E-state index is 0.210. The molecule has 4 aromatic heterocycles. The van der Waals surface area contributed by atoms with Crippen LogP contribution in [-0.4, -0.2) is 30.8 Å². The van der Waals surface area contributed by atoms with Gasteiger partial charge >= 0.3 is 6.03 Å². The second kappa shape index (κ2) is 11.5. The smallest absolute Gasteiger partial charge is 0.307 e. The van der Waals surface area contributed by atoms with Gasteiger partial charge in [-0.1, -0.05) is 57.2 Å². The van der Waals surface area contributed by atoms with Crippen molar-refractivity contribution in [1.82, 2.24) is 24.7 Å². The molecule has 0 aliphatic rings. The molecule has 6 aromatic rings. The molecule has 0 atom stereocenters. The van der Waals surface area contributed by atoms with Crippen LogP contribution in [0.1, 0.15) is 43.4 Å². The first-order valence-corrected chi connectivity index (χ1v) is 14.2. The van der Waals surface area contributed by atoms with Gasteiger partial charge in [-0.3, -0.25) is 20.3 Å². The Morgan fingerprint density at radius 2 is 1.67 bits per heavy atom. The summed E-state index contributed by atoms with van der Waals surface area (Å²) in [6.07, 6.45) is 7.92. The van der Waals surface area contributed by atoms with E-state index in [0.29, 0.717) is 17.9 Å². The first-order chi connectivity index (χ1) is 20.7. The Kier molecular flexibility index (Phi) is 7.42. The summed E-state index contributed by atoms with van der Waals surface area (Å²) >= 11 is 0. The Balaban J connectivity index is 1.32. The molecule has 0 bridgehead atoms. The van der Waals surface area contributed by atoms with Crippen LogP contribution in [0.25, 0.3) is 27.6 Å². The van der Waals surface area contributed by atoms with Gasteiger partial charge in [-0.2, -0.15) is 5.10 Å². The molecule has 8 nitrogen and oxygen atoms in total. The largest absolute Gasteiger partial charge is 0.324 e. The molecule has 0 unspecified atom stereocenters. The SMILES string of the molecule is Cc1ccc(-n2nc(C(C)(C)C)cc2NC(=O)Nc2ccc3ccccc3c2-c2ccc(Cc3ccncc3)nc2)cn1. The van der Waals surface area contributed by atoms with E-state index in [2.05, 4.69) is 59.6 Å². The molecule has 2 amide bonds. The standard InChI is InChI=1S/C35H33N7O/c1-23-9-13-28(22-37-23)42-32(20-31(41-42)35(2,3)4)40-34(43)39-30-14-11-25-7-5-6-8-29(25)33(30)26-10-12-27(38-21-26)19-24-15-17-36-18-16-24/h5-18,20-22H,19H2,1-4H3,(H2,39,40,43). The first kappa shape index (κ1) is 27.8. The number of rotatable bonds is 6. The van der Waals surface area contributed by atoms with Crippen LogP contribution in [0.3, 0.4) is 0 Å². The Labute approximate surface area is 250 Å². The average Bonchev–Trinajstić information content (AvgIpc) is 3.43. The predicted molar refractivity (Wildman–Crippen MR) is 172 cm³/mol. The number of pyridine rings is 3. The van der Waals surface area contributed by atoms with Crippen molar-refractivity contribution in [1.29, 1.82) is 0 Å². The third kappa shape index (κ3) is 6.13. The summed E-state index contributed by atoms with van der Waals surface area (Å²) in [6.45, 7) is 8.21. The summed E-state index contributed by atoms with van der Waals surface area (Å²) in [5.74, 6) is 0.553. The number of aryl methyl sites for hydroxylation is 1. The van der Waals surface area contributed by atoms with Gasteiger partial charge in [-0.05, 0) is 59.7 Å². The highest BCUT2D eigenvalue weighted by molar-refractivity contribution is 6.08. The van der Waals surface area contributed by atoms with Gasteiger partial charge in [0.05, 0.1) is 23.3 Å². The summed E-state index contributed by atoms with van der Waals surface area (Å²) in [4.78, 5) is 26.8. The number of hydrogen-bond acceptors (Lipinski definition) is 5. The summed E-state index contributed by atoms with van der Waals surface area (Å²) in [7, 11) is 0. The van der Waals surface area contributed by atoms with Crippen molar-refractivity contribution in [3.8, 4) is 16.8 Å². The average molecular weight is 568 g/mol. The van der Waals surface area contributed by atoms with Gasteiger partial charge in [0.25, 0.3) is 0 Å². The van der Waals surface area contributed by atoms with E-state index >= 15 is 0 Å². The maximum atomic E-state index is 13.6. The van der Waals surface area contributed by atoms with Gasteiger partial charge in [-0.25, -0.2) is 9.48 Å². The van der Waals surface area contributed by atoms with Crippen LogP contribution in [0.5, 0.6) is 0 Å². The van der Waals surface area contributed by atoms with Crippen LogP contribution in [0.2, 0.25) is 0 Å². The fraction of sp³-hybridized carbons (Fsp3) is 0.171. The van der Waals surface area contributed by atoms with Crippen molar-refractivity contribution in [2.45, 2.75) is 39.5 Å². The quantitative estimate of drug-likeness (QED) is 0.215. The molecule has 2 aromatic carbocycles. The van der Waals surface area contributed by atoms with Crippen LogP contribution in [0, 0.1) is 6.92 Å². The minimum Gasteiger partial charge on any atom is -0.307 e. The van der Waals surface area contributed by atoms with Crippen molar-refractivity contribution in [2.75, 3.05) is 10.6 Å². The highest BCUT2D eigenvalue weighted by Gasteiger charge is 2.22. The van der Waals surface area contributed by atoms with E-state index in [0.717, 1.165) is 50.2 Å². The Morgan fingerprint density at radius 1 is 0.860 bits per heavy atom. The molecule has 0 saturated carbocycles. The molecule has 6 rings (SSSR count). The predicted octanol–water partition coefficient (Wildman–Crippen LogP) is 7.72. The van der Waals surface area contributed by atoms with Gasteiger partial charge in [0, 0.05) is 59.0 Å². The van der Waals surface area contributed by atoms with Crippen LogP contribution < -0.4 is 10.6 Å². The van der Waals surface area contributed by atoms with E-state index in [1.807, 2.05) is 73.8 Å². The lowest BCUT2D eigenvalue weighted by Crippen LogP contribution is -2.21. The number of aromatic nitrogens is 5. The highest BCUT2D eigenvalue weighted by Crippen LogP contribution is 2.36. The van der Waals surface area contributed by atoms with Crippen molar-refractivity contribution in [3.63, 3.8) is 0 Å². The maximum Gasteiger partial charge on any atom is 0.324 e. The van der Waals surface area contributed by atoms with Crippen LogP contribution in [-0.2, 0) is 11.8 Å². The number of anilines is 2. The van der Waals surface area contributed by atoms with E-state index in [9.17, 15) is 4.79 Å². The molecule has 4 heterocycles. The van der Waals surface area contributed by atoms with Gasteiger partial charge in [0.2, 0.25) is 0 Å². The summed E-state index contributed by atoms with van der Waals surface area (Å²) in [6, 6.07) is 25.6. The number of urea groups is 1. The lowest BCUT2D eigenvalue weighted by atomic mass is 9.92. The molecule has 0 saturated heterocycles. The van der Waals surface area contributed by atoms with Gasteiger partial charge in [-0.15, -0.1) is 0 Å². The summed E-state index contributed by atoms with van der Waals surface area (Å²) in [5.41, 5.74) is 6.92. The normalized spacial score (nSPS) is 11.4. The molecular weight excluding hydrogens is 534 g/mol. The molecule has 43 heavy (non-hydrogen) atoms. The number of fused-ring (bicyclic) bond motifs is 1. The van der Waals surface area contributed by atoms with Gasteiger partial charge < -0.3 is 5.32 Å². The zero-order valence-corrected chi connectivity index (χ0v) is 24.7. The van der Waals surface area contributed by atoms with Crippen molar-refractivity contribution in [2.24, 2.45) is 0 Å². The number of nitrogens with zero attached hydrogens (tertiary/aromatic N) is 5. The van der Waals surface area contributed by atoms with Crippen LogP contribution >= 0.6 is 0 Å². The molecule has 0 fully saturated rings. The second-order valence-corrected chi connectivity index (χ2v) is 11.6. The van der Waals surface area contributed by atoms with E-state index in [1.165, 1.54) is 0 Å². The Bertz CT molecular complexity index is 1890. The van der Waals surface area contributed by atoms with E-state index in [-0.39, 0.29) is 11.4 Å². The monoisotopic (exact) mass is 567 g/mol.